The van der Waals surface area contributed by atoms with Crippen molar-refractivity contribution in [2.24, 2.45) is 0 Å². The van der Waals surface area contributed by atoms with Gasteiger partial charge in [0.2, 0.25) is 11.0 Å². The lowest BCUT2D eigenvalue weighted by Gasteiger charge is -2.05. The SMILES string of the molecule is COC(=O)c1ccc(NC(=O)CSc2nnc(NCc3ccccc3)s2)cc1. The van der Waals surface area contributed by atoms with Crippen molar-refractivity contribution in [3.8, 4) is 0 Å². The van der Waals surface area contributed by atoms with Crippen molar-refractivity contribution in [2.45, 2.75) is 10.9 Å². The monoisotopic (exact) mass is 414 g/mol. The lowest BCUT2D eigenvalue weighted by molar-refractivity contribution is -0.113. The third-order valence-electron chi connectivity index (χ3n) is 3.61. The number of aromatic nitrogens is 2. The first-order valence-corrected chi connectivity index (χ1v) is 10.2. The minimum Gasteiger partial charge on any atom is -0.465 e. The second-order valence-corrected chi connectivity index (χ2v) is 7.82. The van der Waals surface area contributed by atoms with Gasteiger partial charge in [-0.05, 0) is 29.8 Å². The van der Waals surface area contributed by atoms with Crippen LogP contribution in [0.2, 0.25) is 0 Å². The van der Waals surface area contributed by atoms with Crippen molar-refractivity contribution in [1.29, 1.82) is 0 Å². The Hall–Kier alpha value is -2.91. The molecule has 7 nitrogen and oxygen atoms in total. The highest BCUT2D eigenvalue weighted by Gasteiger charge is 2.10. The summed E-state index contributed by atoms with van der Waals surface area (Å²) in [6, 6.07) is 16.5. The second-order valence-electron chi connectivity index (χ2n) is 5.62. The predicted molar refractivity (Wildman–Crippen MR) is 111 cm³/mol. The number of hydrogen-bond acceptors (Lipinski definition) is 8. The highest BCUT2D eigenvalue weighted by atomic mass is 32.2. The van der Waals surface area contributed by atoms with Gasteiger partial charge in [-0.15, -0.1) is 10.2 Å². The second kappa shape index (κ2) is 9.86. The molecule has 0 radical (unpaired) electrons. The quantitative estimate of drug-likeness (QED) is 0.429. The van der Waals surface area contributed by atoms with Crippen LogP contribution in [0, 0.1) is 0 Å². The molecule has 1 aromatic heterocycles. The largest absolute Gasteiger partial charge is 0.465 e. The van der Waals surface area contributed by atoms with Crippen molar-refractivity contribution in [2.75, 3.05) is 23.5 Å². The van der Waals surface area contributed by atoms with Crippen LogP contribution in [0.5, 0.6) is 0 Å². The first kappa shape index (κ1) is 19.8. The number of esters is 1. The molecular weight excluding hydrogens is 396 g/mol. The third kappa shape index (κ3) is 5.80. The van der Waals surface area contributed by atoms with Gasteiger partial charge in [-0.2, -0.15) is 0 Å². The zero-order valence-corrected chi connectivity index (χ0v) is 16.7. The summed E-state index contributed by atoms with van der Waals surface area (Å²) in [5.41, 5.74) is 2.20. The molecule has 3 aromatic rings. The predicted octanol–water partition coefficient (Wildman–Crippen LogP) is 3.67. The third-order valence-corrected chi connectivity index (χ3v) is 5.62. The van der Waals surface area contributed by atoms with E-state index in [0.29, 0.717) is 27.3 Å². The van der Waals surface area contributed by atoms with Crippen LogP contribution in [-0.2, 0) is 16.1 Å². The summed E-state index contributed by atoms with van der Waals surface area (Å²) in [6.07, 6.45) is 0. The molecule has 0 aliphatic rings. The molecule has 0 saturated heterocycles. The summed E-state index contributed by atoms with van der Waals surface area (Å²) < 4.78 is 5.36. The van der Waals surface area contributed by atoms with Gasteiger partial charge < -0.3 is 15.4 Å². The van der Waals surface area contributed by atoms with Gasteiger partial charge >= 0.3 is 5.97 Å². The van der Waals surface area contributed by atoms with Crippen LogP contribution in [0.25, 0.3) is 0 Å². The van der Waals surface area contributed by atoms with Gasteiger partial charge in [0, 0.05) is 12.2 Å². The van der Waals surface area contributed by atoms with Crippen molar-refractivity contribution >= 4 is 45.8 Å². The van der Waals surface area contributed by atoms with Gasteiger partial charge in [0.1, 0.15) is 0 Å². The van der Waals surface area contributed by atoms with Crippen molar-refractivity contribution < 1.29 is 14.3 Å². The van der Waals surface area contributed by atoms with E-state index in [1.807, 2.05) is 30.3 Å². The fourth-order valence-electron chi connectivity index (χ4n) is 2.24. The van der Waals surface area contributed by atoms with Crippen LogP contribution in [0.3, 0.4) is 0 Å². The van der Waals surface area contributed by atoms with E-state index in [-0.39, 0.29) is 11.7 Å². The number of benzene rings is 2. The summed E-state index contributed by atoms with van der Waals surface area (Å²) in [4.78, 5) is 23.5. The van der Waals surface area contributed by atoms with E-state index in [2.05, 4.69) is 25.6 Å². The summed E-state index contributed by atoms with van der Waals surface area (Å²) in [7, 11) is 1.32. The number of methoxy groups -OCH3 is 1. The molecule has 0 fully saturated rings. The molecule has 0 saturated carbocycles. The Balaban J connectivity index is 1.44. The molecule has 0 bridgehead atoms. The Morgan fingerprint density at radius 3 is 2.54 bits per heavy atom. The minimum atomic E-state index is -0.415. The Morgan fingerprint density at radius 2 is 1.82 bits per heavy atom. The van der Waals surface area contributed by atoms with E-state index in [1.165, 1.54) is 30.2 Å². The average Bonchev–Trinajstić information content (AvgIpc) is 3.19. The van der Waals surface area contributed by atoms with Crippen LogP contribution >= 0.6 is 23.1 Å². The van der Waals surface area contributed by atoms with E-state index < -0.39 is 5.97 Å². The summed E-state index contributed by atoms with van der Waals surface area (Å²) in [5.74, 6) is -0.363. The van der Waals surface area contributed by atoms with Gasteiger partial charge in [0.05, 0.1) is 18.4 Å². The van der Waals surface area contributed by atoms with Gasteiger partial charge in [-0.25, -0.2) is 4.79 Å². The van der Waals surface area contributed by atoms with Crippen molar-refractivity contribution in [1.82, 2.24) is 10.2 Å². The number of nitrogens with one attached hydrogen (secondary N) is 2. The van der Waals surface area contributed by atoms with Crippen molar-refractivity contribution in [3.63, 3.8) is 0 Å². The highest BCUT2D eigenvalue weighted by molar-refractivity contribution is 8.01. The van der Waals surface area contributed by atoms with Gasteiger partial charge in [0.15, 0.2) is 4.34 Å². The van der Waals surface area contributed by atoms with E-state index in [4.69, 9.17) is 0 Å². The van der Waals surface area contributed by atoms with Crippen LogP contribution in [0.1, 0.15) is 15.9 Å². The number of ether oxygens (including phenoxy) is 1. The van der Waals surface area contributed by atoms with Crippen LogP contribution in [-0.4, -0.2) is 34.9 Å². The standard InChI is InChI=1S/C19H18N4O3S2/c1-26-17(25)14-7-9-15(10-8-14)21-16(24)12-27-19-23-22-18(28-19)20-11-13-5-3-2-4-6-13/h2-10H,11-12H2,1H3,(H,20,22)(H,21,24). The Morgan fingerprint density at radius 1 is 1.07 bits per heavy atom. The van der Waals surface area contributed by atoms with E-state index in [9.17, 15) is 9.59 Å². The number of hydrogen-bond donors (Lipinski definition) is 2. The Bertz CT molecular complexity index is 930. The molecule has 3 rings (SSSR count). The number of thioether (sulfide) groups is 1. The molecule has 0 spiro atoms. The number of carbonyl (C=O) groups excluding carboxylic acids is 2. The minimum absolute atomic E-state index is 0.162. The van der Waals surface area contributed by atoms with Crippen molar-refractivity contribution in [3.05, 3.63) is 65.7 Å². The summed E-state index contributed by atoms with van der Waals surface area (Å²) in [5, 5.41) is 14.9. The highest BCUT2D eigenvalue weighted by Crippen LogP contribution is 2.26. The molecule has 0 aliphatic heterocycles. The maximum absolute atomic E-state index is 12.1. The smallest absolute Gasteiger partial charge is 0.337 e. The molecular formula is C19H18N4O3S2. The van der Waals surface area contributed by atoms with Crippen LogP contribution in [0.15, 0.2) is 58.9 Å². The fraction of sp³-hybridized carbons (Fsp3) is 0.158. The number of nitrogens with zero attached hydrogens (tertiary/aromatic N) is 2. The molecule has 28 heavy (non-hydrogen) atoms. The Kier molecular flexibility index (Phi) is 6.99. The molecule has 0 aliphatic carbocycles. The number of anilines is 2. The molecule has 0 atom stereocenters. The van der Waals surface area contributed by atoms with Gasteiger partial charge in [0.25, 0.3) is 0 Å². The first-order chi connectivity index (χ1) is 13.6. The lowest BCUT2D eigenvalue weighted by atomic mass is 10.2. The van der Waals surface area contributed by atoms with Gasteiger partial charge in [-0.3, -0.25) is 4.79 Å². The number of amides is 1. The molecule has 1 amide bonds. The first-order valence-electron chi connectivity index (χ1n) is 8.36. The summed E-state index contributed by atoms with van der Waals surface area (Å²) in [6.45, 7) is 0.669. The molecule has 1 heterocycles. The lowest BCUT2D eigenvalue weighted by Crippen LogP contribution is -2.14. The molecule has 9 heteroatoms. The normalized spacial score (nSPS) is 10.3. The Labute approximate surface area is 170 Å². The van der Waals surface area contributed by atoms with E-state index >= 15 is 0 Å². The van der Waals surface area contributed by atoms with Crippen LogP contribution in [0.4, 0.5) is 10.8 Å². The topological polar surface area (TPSA) is 93.2 Å². The summed E-state index contributed by atoms with van der Waals surface area (Å²) >= 11 is 2.73. The molecule has 0 unspecified atom stereocenters. The fourth-order valence-corrected chi connectivity index (χ4v) is 3.79. The molecule has 144 valence electrons. The maximum atomic E-state index is 12.1. The molecule has 2 aromatic carbocycles. The maximum Gasteiger partial charge on any atom is 0.337 e. The number of carbonyl (C=O) groups is 2. The zero-order valence-electron chi connectivity index (χ0n) is 15.0. The van der Waals surface area contributed by atoms with Crippen LogP contribution < -0.4 is 10.6 Å². The average molecular weight is 415 g/mol. The van der Waals surface area contributed by atoms with E-state index in [0.717, 1.165) is 5.56 Å². The zero-order chi connectivity index (χ0) is 19.8. The number of rotatable bonds is 8. The van der Waals surface area contributed by atoms with Gasteiger partial charge in [-0.1, -0.05) is 53.4 Å². The van der Waals surface area contributed by atoms with E-state index in [1.54, 1.807) is 24.3 Å². The molecule has 2 N–H and O–H groups in total.